The Hall–Kier alpha value is -0.0800. The summed E-state index contributed by atoms with van der Waals surface area (Å²) in [6, 6.07) is 0.352. The SMILES string of the molecule is CC1(C)CNC(C2(O)CCCC2)C1. The van der Waals surface area contributed by atoms with Gasteiger partial charge in [-0.05, 0) is 24.7 Å². The molecule has 2 nitrogen and oxygen atoms in total. The summed E-state index contributed by atoms with van der Waals surface area (Å²) in [5.74, 6) is 0. The summed E-state index contributed by atoms with van der Waals surface area (Å²) in [6.45, 7) is 5.61. The van der Waals surface area contributed by atoms with Crippen LogP contribution >= 0.6 is 0 Å². The van der Waals surface area contributed by atoms with Crippen LogP contribution in [0.1, 0.15) is 46.0 Å². The van der Waals surface area contributed by atoms with Crippen molar-refractivity contribution in [1.82, 2.24) is 5.32 Å². The second-order valence-corrected chi connectivity index (χ2v) is 5.61. The van der Waals surface area contributed by atoms with Gasteiger partial charge in [-0.3, -0.25) is 0 Å². The van der Waals surface area contributed by atoms with Crippen molar-refractivity contribution in [3.63, 3.8) is 0 Å². The first-order valence-corrected chi connectivity index (χ1v) is 5.48. The highest BCUT2D eigenvalue weighted by Gasteiger charge is 2.45. The summed E-state index contributed by atoms with van der Waals surface area (Å²) >= 11 is 0. The fourth-order valence-electron chi connectivity index (χ4n) is 2.81. The van der Waals surface area contributed by atoms with E-state index in [1.807, 2.05) is 0 Å². The van der Waals surface area contributed by atoms with Gasteiger partial charge < -0.3 is 10.4 Å². The third-order valence-corrected chi connectivity index (χ3v) is 3.70. The molecule has 0 aromatic rings. The minimum Gasteiger partial charge on any atom is -0.388 e. The highest BCUT2D eigenvalue weighted by atomic mass is 16.3. The standard InChI is InChI=1S/C11H21NO/c1-10(2)7-9(12-8-10)11(13)5-3-4-6-11/h9,12-13H,3-8H2,1-2H3. The van der Waals surface area contributed by atoms with Crippen LogP contribution in [-0.2, 0) is 0 Å². The topological polar surface area (TPSA) is 32.3 Å². The summed E-state index contributed by atoms with van der Waals surface area (Å²) in [7, 11) is 0. The van der Waals surface area contributed by atoms with Gasteiger partial charge in [0, 0.05) is 12.6 Å². The molecule has 13 heavy (non-hydrogen) atoms. The first-order valence-electron chi connectivity index (χ1n) is 5.48. The molecule has 0 aromatic carbocycles. The van der Waals surface area contributed by atoms with E-state index < -0.39 is 0 Å². The molecule has 2 fully saturated rings. The van der Waals surface area contributed by atoms with Gasteiger partial charge in [0.05, 0.1) is 5.60 Å². The highest BCUT2D eigenvalue weighted by Crippen LogP contribution is 2.40. The summed E-state index contributed by atoms with van der Waals surface area (Å²) in [5.41, 5.74) is -0.00322. The fraction of sp³-hybridized carbons (Fsp3) is 1.00. The number of nitrogens with one attached hydrogen (secondary N) is 1. The van der Waals surface area contributed by atoms with Gasteiger partial charge in [0.2, 0.25) is 0 Å². The Bertz CT molecular complexity index is 194. The van der Waals surface area contributed by atoms with E-state index in [0.29, 0.717) is 11.5 Å². The van der Waals surface area contributed by atoms with E-state index in [1.165, 1.54) is 12.8 Å². The molecule has 1 atom stereocenters. The zero-order valence-corrected chi connectivity index (χ0v) is 8.77. The average Bonchev–Trinajstić information content (AvgIpc) is 2.58. The van der Waals surface area contributed by atoms with Gasteiger partial charge in [-0.15, -0.1) is 0 Å². The van der Waals surface area contributed by atoms with Crippen LogP contribution in [-0.4, -0.2) is 23.3 Å². The third-order valence-electron chi connectivity index (χ3n) is 3.70. The summed E-state index contributed by atoms with van der Waals surface area (Å²) < 4.78 is 0. The Morgan fingerprint density at radius 3 is 2.31 bits per heavy atom. The lowest BCUT2D eigenvalue weighted by molar-refractivity contribution is 0.0117. The highest BCUT2D eigenvalue weighted by molar-refractivity contribution is 5.01. The van der Waals surface area contributed by atoms with Crippen LogP contribution < -0.4 is 5.32 Å². The van der Waals surface area contributed by atoms with E-state index in [-0.39, 0.29) is 5.60 Å². The number of hydrogen-bond acceptors (Lipinski definition) is 2. The second kappa shape index (κ2) is 2.96. The summed E-state index contributed by atoms with van der Waals surface area (Å²) in [5, 5.41) is 13.8. The normalized spacial score (nSPS) is 36.7. The maximum absolute atomic E-state index is 10.4. The molecular weight excluding hydrogens is 162 g/mol. The lowest BCUT2D eigenvalue weighted by Crippen LogP contribution is -2.45. The maximum atomic E-state index is 10.4. The molecule has 0 bridgehead atoms. The molecular formula is C11H21NO. The Morgan fingerprint density at radius 1 is 1.23 bits per heavy atom. The molecule has 1 heterocycles. The van der Waals surface area contributed by atoms with E-state index in [9.17, 15) is 5.11 Å². The molecule has 76 valence electrons. The number of rotatable bonds is 1. The van der Waals surface area contributed by atoms with Crippen LogP contribution in [0.3, 0.4) is 0 Å². The van der Waals surface area contributed by atoms with Crippen molar-refractivity contribution in [2.24, 2.45) is 5.41 Å². The Labute approximate surface area is 80.7 Å². The monoisotopic (exact) mass is 183 g/mol. The lowest BCUT2D eigenvalue weighted by atomic mass is 9.83. The molecule has 2 heteroatoms. The van der Waals surface area contributed by atoms with Crippen LogP contribution in [0, 0.1) is 5.41 Å². The maximum Gasteiger partial charge on any atom is 0.0800 e. The van der Waals surface area contributed by atoms with Gasteiger partial charge in [0.25, 0.3) is 0 Å². The molecule has 2 N–H and O–H groups in total. The number of aliphatic hydroxyl groups is 1. The van der Waals surface area contributed by atoms with E-state index in [0.717, 1.165) is 25.8 Å². The lowest BCUT2D eigenvalue weighted by Gasteiger charge is -2.30. The van der Waals surface area contributed by atoms with Gasteiger partial charge >= 0.3 is 0 Å². The Kier molecular flexibility index (Phi) is 2.16. The average molecular weight is 183 g/mol. The molecule has 1 unspecified atom stereocenters. The van der Waals surface area contributed by atoms with Crippen molar-refractivity contribution in [3.05, 3.63) is 0 Å². The summed E-state index contributed by atoms with van der Waals surface area (Å²) in [4.78, 5) is 0. The first kappa shape index (κ1) is 9.47. The zero-order valence-electron chi connectivity index (χ0n) is 8.77. The van der Waals surface area contributed by atoms with Gasteiger partial charge in [0.1, 0.15) is 0 Å². The van der Waals surface area contributed by atoms with Crippen molar-refractivity contribution in [2.75, 3.05) is 6.54 Å². The van der Waals surface area contributed by atoms with Gasteiger partial charge in [-0.1, -0.05) is 26.7 Å². The van der Waals surface area contributed by atoms with Crippen molar-refractivity contribution >= 4 is 0 Å². The predicted molar refractivity (Wildman–Crippen MR) is 53.6 cm³/mol. The predicted octanol–water partition coefficient (Wildman–Crippen LogP) is 1.68. The summed E-state index contributed by atoms with van der Waals surface area (Å²) in [6.07, 6.45) is 5.54. The Balaban J connectivity index is 2.02. The molecule has 1 aliphatic carbocycles. The van der Waals surface area contributed by atoms with Gasteiger partial charge in [-0.25, -0.2) is 0 Å². The minimum absolute atomic E-state index is 0.352. The molecule has 1 saturated heterocycles. The third kappa shape index (κ3) is 1.75. The van der Waals surface area contributed by atoms with Crippen molar-refractivity contribution in [2.45, 2.75) is 57.6 Å². The molecule has 0 aromatic heterocycles. The largest absolute Gasteiger partial charge is 0.388 e. The van der Waals surface area contributed by atoms with E-state index in [2.05, 4.69) is 19.2 Å². The fourth-order valence-corrected chi connectivity index (χ4v) is 2.81. The first-order chi connectivity index (χ1) is 6.02. The van der Waals surface area contributed by atoms with Crippen molar-refractivity contribution < 1.29 is 5.11 Å². The molecule has 0 radical (unpaired) electrons. The molecule has 0 amide bonds. The molecule has 1 aliphatic heterocycles. The van der Waals surface area contributed by atoms with E-state index in [4.69, 9.17) is 0 Å². The van der Waals surface area contributed by atoms with Crippen LogP contribution in [0.4, 0.5) is 0 Å². The number of hydrogen-bond donors (Lipinski definition) is 2. The second-order valence-electron chi connectivity index (χ2n) is 5.61. The molecule has 0 spiro atoms. The van der Waals surface area contributed by atoms with Crippen LogP contribution in [0.15, 0.2) is 0 Å². The van der Waals surface area contributed by atoms with Crippen LogP contribution in [0.5, 0.6) is 0 Å². The van der Waals surface area contributed by atoms with Crippen LogP contribution in [0.25, 0.3) is 0 Å². The van der Waals surface area contributed by atoms with Gasteiger partial charge in [-0.2, -0.15) is 0 Å². The molecule has 2 aliphatic rings. The van der Waals surface area contributed by atoms with Crippen molar-refractivity contribution in [1.29, 1.82) is 0 Å². The van der Waals surface area contributed by atoms with Crippen molar-refractivity contribution in [3.8, 4) is 0 Å². The van der Waals surface area contributed by atoms with E-state index >= 15 is 0 Å². The molecule has 2 rings (SSSR count). The van der Waals surface area contributed by atoms with E-state index in [1.54, 1.807) is 0 Å². The Morgan fingerprint density at radius 2 is 1.85 bits per heavy atom. The smallest absolute Gasteiger partial charge is 0.0800 e. The van der Waals surface area contributed by atoms with Gasteiger partial charge in [0.15, 0.2) is 0 Å². The zero-order chi connectivity index (χ0) is 9.53. The quantitative estimate of drug-likeness (QED) is 0.648. The minimum atomic E-state index is -0.381. The van der Waals surface area contributed by atoms with Crippen LogP contribution in [0.2, 0.25) is 0 Å². The molecule has 1 saturated carbocycles.